The lowest BCUT2D eigenvalue weighted by Gasteiger charge is -2.12. The zero-order chi connectivity index (χ0) is 12.0. The fraction of sp³-hybridized carbons (Fsp3) is 0.400. The van der Waals surface area contributed by atoms with Crippen LogP contribution in [0, 0.1) is 0 Å². The van der Waals surface area contributed by atoms with Gasteiger partial charge in [-0.05, 0) is 12.5 Å². The molecule has 6 nitrogen and oxygen atoms in total. The van der Waals surface area contributed by atoms with E-state index in [2.05, 4.69) is 15.5 Å². The fourth-order valence-electron chi connectivity index (χ4n) is 1.21. The van der Waals surface area contributed by atoms with E-state index in [1.54, 1.807) is 0 Å². The van der Waals surface area contributed by atoms with Gasteiger partial charge in [0.15, 0.2) is 0 Å². The number of nitrogens with zero attached hydrogens (tertiary/aromatic N) is 2. The van der Waals surface area contributed by atoms with Crippen molar-refractivity contribution >= 4 is 11.9 Å². The monoisotopic (exact) mass is 223 g/mol. The number of nitrogens with one attached hydrogen (secondary N) is 1. The lowest BCUT2D eigenvalue weighted by molar-refractivity contribution is -0.139. The molecule has 0 aromatic carbocycles. The molecule has 1 amide bonds. The highest BCUT2D eigenvalue weighted by Crippen LogP contribution is 2.00. The second kappa shape index (κ2) is 5.79. The number of carboxylic acids is 1. The highest BCUT2D eigenvalue weighted by atomic mass is 16.4. The molecule has 6 heteroatoms. The van der Waals surface area contributed by atoms with Gasteiger partial charge in [0.1, 0.15) is 6.04 Å². The Morgan fingerprint density at radius 1 is 1.50 bits per heavy atom. The van der Waals surface area contributed by atoms with Crippen molar-refractivity contribution in [3.05, 3.63) is 24.0 Å². The number of hydrogen-bond acceptors (Lipinski definition) is 4. The number of rotatable bonds is 5. The van der Waals surface area contributed by atoms with E-state index in [1.807, 2.05) is 6.92 Å². The van der Waals surface area contributed by atoms with E-state index in [1.165, 1.54) is 18.5 Å². The predicted molar refractivity (Wildman–Crippen MR) is 55.8 cm³/mol. The summed E-state index contributed by atoms with van der Waals surface area (Å²) in [4.78, 5) is 22.4. The van der Waals surface area contributed by atoms with Crippen LogP contribution in [-0.4, -0.2) is 33.2 Å². The molecule has 0 radical (unpaired) electrons. The van der Waals surface area contributed by atoms with Crippen molar-refractivity contribution in [3.63, 3.8) is 0 Å². The molecule has 0 saturated heterocycles. The molecule has 0 spiro atoms. The average Bonchev–Trinajstić information content (AvgIpc) is 2.29. The third-order valence-electron chi connectivity index (χ3n) is 2.03. The minimum absolute atomic E-state index is 0.303. The molecular weight excluding hydrogens is 210 g/mol. The normalized spacial score (nSPS) is 11.8. The summed E-state index contributed by atoms with van der Waals surface area (Å²) in [5.74, 6) is -1.48. The van der Waals surface area contributed by atoms with Gasteiger partial charge in [-0.1, -0.05) is 13.3 Å². The van der Waals surface area contributed by atoms with Gasteiger partial charge in [-0.3, -0.25) is 4.79 Å². The third-order valence-corrected chi connectivity index (χ3v) is 2.03. The van der Waals surface area contributed by atoms with E-state index in [-0.39, 0.29) is 0 Å². The van der Waals surface area contributed by atoms with Crippen molar-refractivity contribution in [3.8, 4) is 0 Å². The number of aliphatic carboxylic acids is 1. The Kier molecular flexibility index (Phi) is 4.38. The van der Waals surface area contributed by atoms with Crippen LogP contribution >= 0.6 is 0 Å². The molecule has 1 rings (SSSR count). The van der Waals surface area contributed by atoms with Crippen LogP contribution in [0.25, 0.3) is 0 Å². The van der Waals surface area contributed by atoms with E-state index < -0.39 is 17.9 Å². The largest absolute Gasteiger partial charge is 0.480 e. The molecule has 0 aliphatic carbocycles. The maximum absolute atomic E-state index is 11.6. The summed E-state index contributed by atoms with van der Waals surface area (Å²) in [7, 11) is 0. The number of carbonyl (C=O) groups is 2. The zero-order valence-corrected chi connectivity index (χ0v) is 8.88. The predicted octanol–water partition coefficient (Wildman–Crippen LogP) is 0.460. The minimum atomic E-state index is -1.03. The van der Waals surface area contributed by atoms with Crippen LogP contribution in [0.1, 0.15) is 30.1 Å². The number of carbonyl (C=O) groups excluding carboxylic acids is 1. The van der Waals surface area contributed by atoms with Crippen molar-refractivity contribution in [1.29, 1.82) is 0 Å². The molecule has 16 heavy (non-hydrogen) atoms. The number of carboxylic acid groups (broad SMARTS) is 1. The number of hydrogen-bond donors (Lipinski definition) is 2. The first-order chi connectivity index (χ1) is 7.65. The quantitative estimate of drug-likeness (QED) is 0.756. The highest BCUT2D eigenvalue weighted by Gasteiger charge is 2.19. The van der Waals surface area contributed by atoms with E-state index in [0.29, 0.717) is 18.4 Å². The first-order valence-electron chi connectivity index (χ1n) is 4.95. The molecule has 86 valence electrons. The Morgan fingerprint density at radius 3 is 2.75 bits per heavy atom. The summed E-state index contributed by atoms with van der Waals surface area (Å²) in [6.45, 7) is 1.86. The molecule has 1 aromatic heterocycles. The maximum Gasteiger partial charge on any atom is 0.326 e. The van der Waals surface area contributed by atoms with E-state index in [0.717, 1.165) is 0 Å². The van der Waals surface area contributed by atoms with Crippen molar-refractivity contribution in [2.75, 3.05) is 0 Å². The Balaban J connectivity index is 2.65. The van der Waals surface area contributed by atoms with Crippen molar-refractivity contribution in [1.82, 2.24) is 15.5 Å². The van der Waals surface area contributed by atoms with Crippen LogP contribution in [0.4, 0.5) is 0 Å². The van der Waals surface area contributed by atoms with Crippen LogP contribution in [0.5, 0.6) is 0 Å². The molecule has 1 heterocycles. The van der Waals surface area contributed by atoms with E-state index in [9.17, 15) is 9.59 Å². The van der Waals surface area contributed by atoms with Gasteiger partial charge in [-0.15, -0.1) is 0 Å². The maximum atomic E-state index is 11.6. The molecule has 0 bridgehead atoms. The Bertz CT molecular complexity index is 367. The van der Waals surface area contributed by atoms with Crippen LogP contribution in [-0.2, 0) is 4.79 Å². The standard InChI is InChI=1S/C10H13N3O3/c1-2-3-8(10(15)16)13-9(14)7-4-5-11-12-6-7/h4-6,8H,2-3H2,1H3,(H,13,14)(H,15,16)/t8-/m1/s1. The van der Waals surface area contributed by atoms with Gasteiger partial charge in [0.2, 0.25) is 0 Å². The van der Waals surface area contributed by atoms with Crippen LogP contribution in [0.2, 0.25) is 0 Å². The van der Waals surface area contributed by atoms with Gasteiger partial charge >= 0.3 is 5.97 Å². The molecular formula is C10H13N3O3. The van der Waals surface area contributed by atoms with Crippen molar-refractivity contribution in [2.45, 2.75) is 25.8 Å². The first-order valence-corrected chi connectivity index (χ1v) is 4.95. The van der Waals surface area contributed by atoms with E-state index in [4.69, 9.17) is 5.11 Å². The first kappa shape index (κ1) is 12.1. The van der Waals surface area contributed by atoms with Gasteiger partial charge in [0.25, 0.3) is 5.91 Å². The summed E-state index contributed by atoms with van der Waals surface area (Å²) in [6.07, 6.45) is 3.76. The van der Waals surface area contributed by atoms with Crippen molar-refractivity contribution in [2.24, 2.45) is 0 Å². The lowest BCUT2D eigenvalue weighted by Crippen LogP contribution is -2.40. The van der Waals surface area contributed by atoms with Crippen LogP contribution in [0.3, 0.4) is 0 Å². The molecule has 0 aliphatic rings. The number of aromatic nitrogens is 2. The second-order valence-corrected chi connectivity index (χ2v) is 3.28. The highest BCUT2D eigenvalue weighted by molar-refractivity contribution is 5.96. The smallest absolute Gasteiger partial charge is 0.326 e. The average molecular weight is 223 g/mol. The molecule has 1 atom stereocenters. The SMILES string of the molecule is CCC[C@@H](NC(=O)c1ccnnc1)C(=O)O. The fourth-order valence-corrected chi connectivity index (χ4v) is 1.21. The van der Waals surface area contributed by atoms with Gasteiger partial charge < -0.3 is 10.4 Å². The summed E-state index contributed by atoms with van der Waals surface area (Å²) < 4.78 is 0. The Hall–Kier alpha value is -1.98. The second-order valence-electron chi connectivity index (χ2n) is 3.28. The van der Waals surface area contributed by atoms with Gasteiger partial charge in [0.05, 0.1) is 18.0 Å². The van der Waals surface area contributed by atoms with Crippen LogP contribution < -0.4 is 5.32 Å². The summed E-state index contributed by atoms with van der Waals surface area (Å²) in [5, 5.41) is 18.4. The lowest BCUT2D eigenvalue weighted by atomic mass is 10.1. The van der Waals surface area contributed by atoms with Gasteiger partial charge in [-0.25, -0.2) is 4.79 Å². The molecule has 2 N–H and O–H groups in total. The minimum Gasteiger partial charge on any atom is -0.480 e. The molecule has 0 fully saturated rings. The molecule has 0 saturated carbocycles. The topological polar surface area (TPSA) is 92.2 Å². The molecule has 1 aromatic rings. The van der Waals surface area contributed by atoms with Gasteiger partial charge in [-0.2, -0.15) is 10.2 Å². The van der Waals surface area contributed by atoms with Gasteiger partial charge in [0, 0.05) is 0 Å². The number of amides is 1. The van der Waals surface area contributed by atoms with Crippen LogP contribution in [0.15, 0.2) is 18.5 Å². The summed E-state index contributed by atoms with van der Waals surface area (Å²) in [5.41, 5.74) is 0.303. The zero-order valence-electron chi connectivity index (χ0n) is 8.88. The molecule has 0 aliphatic heterocycles. The Labute approximate surface area is 92.7 Å². The summed E-state index contributed by atoms with van der Waals surface area (Å²) >= 11 is 0. The van der Waals surface area contributed by atoms with E-state index >= 15 is 0 Å². The molecule has 0 unspecified atom stereocenters. The van der Waals surface area contributed by atoms with Crippen molar-refractivity contribution < 1.29 is 14.7 Å². The summed E-state index contributed by atoms with van der Waals surface area (Å²) in [6, 6.07) is 0.623. The third kappa shape index (κ3) is 3.30. The Morgan fingerprint density at radius 2 is 2.25 bits per heavy atom.